The van der Waals surface area contributed by atoms with E-state index in [1.807, 2.05) is 80.6 Å². The van der Waals surface area contributed by atoms with Crippen LogP contribution < -0.4 is 20.1 Å². The van der Waals surface area contributed by atoms with Gasteiger partial charge in [-0.15, -0.1) is 0 Å². The number of hydrogen-bond acceptors (Lipinski definition) is 5. The van der Waals surface area contributed by atoms with Gasteiger partial charge >= 0.3 is 0 Å². The van der Waals surface area contributed by atoms with Gasteiger partial charge in [-0.25, -0.2) is 0 Å². The van der Waals surface area contributed by atoms with Crippen molar-refractivity contribution < 1.29 is 23.9 Å². The molecule has 3 amide bonds. The summed E-state index contributed by atoms with van der Waals surface area (Å²) in [7, 11) is 0. The van der Waals surface area contributed by atoms with Gasteiger partial charge in [0, 0.05) is 35.1 Å². The third kappa shape index (κ3) is 4.36. The molecule has 4 heterocycles. The summed E-state index contributed by atoms with van der Waals surface area (Å²) in [5.41, 5.74) is 5.30. The van der Waals surface area contributed by atoms with Crippen LogP contribution in [-0.4, -0.2) is 46.5 Å². The van der Waals surface area contributed by atoms with Crippen molar-refractivity contribution in [3.63, 3.8) is 0 Å². The van der Waals surface area contributed by atoms with Gasteiger partial charge < -0.3 is 30.0 Å². The third-order valence-corrected chi connectivity index (χ3v) is 8.40. The van der Waals surface area contributed by atoms with Crippen LogP contribution in [0.4, 0.5) is 0 Å². The highest BCUT2D eigenvalue weighted by atomic mass is 16.7. The van der Waals surface area contributed by atoms with Crippen molar-refractivity contribution in [3.8, 4) is 11.5 Å². The second kappa shape index (κ2) is 10.2. The first-order valence-corrected chi connectivity index (χ1v) is 14.4. The molecule has 3 N–H and O–H groups in total. The van der Waals surface area contributed by atoms with Gasteiger partial charge in [-0.2, -0.15) is 0 Å². The Morgan fingerprint density at radius 2 is 1.81 bits per heavy atom. The van der Waals surface area contributed by atoms with Crippen LogP contribution in [-0.2, 0) is 22.6 Å². The molecule has 0 saturated carbocycles. The largest absolute Gasteiger partial charge is 0.454 e. The molecule has 1 aromatic heterocycles. The molecule has 9 heteroatoms. The lowest BCUT2D eigenvalue weighted by molar-refractivity contribution is -0.132. The highest BCUT2D eigenvalue weighted by Crippen LogP contribution is 2.46. The Morgan fingerprint density at radius 3 is 2.67 bits per heavy atom. The Balaban J connectivity index is 1.16. The molecule has 4 aromatic rings. The summed E-state index contributed by atoms with van der Waals surface area (Å²) < 4.78 is 10.8. The Morgan fingerprint density at radius 1 is 1.02 bits per heavy atom. The van der Waals surface area contributed by atoms with E-state index in [9.17, 15) is 14.4 Å². The number of fused-ring (bicyclic) bond motifs is 8. The molecule has 7 rings (SSSR count). The van der Waals surface area contributed by atoms with E-state index in [1.165, 1.54) is 0 Å². The number of nitrogens with zero attached hydrogens (tertiary/aromatic N) is 1. The maximum atomic E-state index is 14.1. The first-order valence-electron chi connectivity index (χ1n) is 14.4. The van der Waals surface area contributed by atoms with Crippen LogP contribution in [0.15, 0.2) is 66.7 Å². The van der Waals surface area contributed by atoms with Gasteiger partial charge in [-0.1, -0.05) is 56.3 Å². The Kier molecular flexibility index (Phi) is 6.37. The van der Waals surface area contributed by atoms with Gasteiger partial charge in [0.1, 0.15) is 12.1 Å². The number of hydrogen-bond donors (Lipinski definition) is 3. The molecule has 0 fully saturated rings. The zero-order chi connectivity index (χ0) is 29.0. The van der Waals surface area contributed by atoms with E-state index >= 15 is 0 Å². The van der Waals surface area contributed by atoms with Crippen LogP contribution in [0.3, 0.4) is 0 Å². The molecular weight excluding hydrogens is 532 g/mol. The minimum Gasteiger partial charge on any atom is -0.454 e. The van der Waals surface area contributed by atoms with Gasteiger partial charge in [0.2, 0.25) is 18.6 Å². The van der Waals surface area contributed by atoms with Crippen molar-refractivity contribution in [1.29, 1.82) is 0 Å². The van der Waals surface area contributed by atoms with Crippen molar-refractivity contribution in [3.05, 3.63) is 94.7 Å². The summed E-state index contributed by atoms with van der Waals surface area (Å²) >= 11 is 0. The standard InChI is InChI=1S/C33H32N4O5/c1-18(2)13-25(31(38)34-16-19-11-12-27-28(14-19)42-17-41-27)36-32(39)26-15-23-20-7-5-6-10-24(20)35-29(23)30-21-8-3-4-9-22(21)33(40)37(26)30/h3-12,14,18,25-26,30,35H,13,15-17H2,1-2H3,(H,34,38)(H,36,39)/t25-,26-,30?/m0/s1. The zero-order valence-electron chi connectivity index (χ0n) is 23.5. The minimum atomic E-state index is -0.766. The molecule has 9 nitrogen and oxygen atoms in total. The molecule has 0 radical (unpaired) electrons. The molecule has 0 bridgehead atoms. The maximum absolute atomic E-state index is 14.1. The molecule has 42 heavy (non-hydrogen) atoms. The van der Waals surface area contributed by atoms with Crippen LogP contribution in [0.1, 0.15) is 59.1 Å². The number of carbonyl (C=O) groups excluding carboxylic acids is 3. The van der Waals surface area contributed by atoms with Crippen LogP contribution in [0.25, 0.3) is 10.9 Å². The van der Waals surface area contributed by atoms with Crippen LogP contribution in [0.2, 0.25) is 0 Å². The number of carbonyl (C=O) groups is 3. The first kappa shape index (κ1) is 26.1. The fourth-order valence-electron chi connectivity index (χ4n) is 6.47. The molecule has 214 valence electrons. The second-order valence-electron chi connectivity index (χ2n) is 11.6. The second-order valence-corrected chi connectivity index (χ2v) is 11.6. The molecule has 3 aliphatic heterocycles. The minimum absolute atomic E-state index is 0.156. The molecule has 3 aliphatic rings. The lowest BCUT2D eigenvalue weighted by atomic mass is 9.89. The highest BCUT2D eigenvalue weighted by molar-refractivity contribution is 6.04. The van der Waals surface area contributed by atoms with E-state index in [-0.39, 0.29) is 37.0 Å². The van der Waals surface area contributed by atoms with E-state index in [2.05, 4.69) is 15.6 Å². The average molecular weight is 565 g/mol. The molecule has 0 spiro atoms. The van der Waals surface area contributed by atoms with E-state index in [4.69, 9.17) is 9.47 Å². The Bertz CT molecular complexity index is 1730. The van der Waals surface area contributed by atoms with Crippen LogP contribution in [0, 0.1) is 5.92 Å². The van der Waals surface area contributed by atoms with E-state index in [1.54, 1.807) is 4.90 Å². The topological polar surface area (TPSA) is 113 Å². The molecule has 3 aromatic carbocycles. The normalized spacial score (nSPS) is 18.9. The number of H-pyrrole nitrogens is 1. The number of para-hydroxylation sites is 1. The van der Waals surface area contributed by atoms with E-state index < -0.39 is 18.1 Å². The van der Waals surface area contributed by atoms with Crippen molar-refractivity contribution in [1.82, 2.24) is 20.5 Å². The predicted octanol–water partition coefficient (Wildman–Crippen LogP) is 4.21. The van der Waals surface area contributed by atoms with Gasteiger partial charge in [0.15, 0.2) is 11.5 Å². The Hall–Kier alpha value is -4.79. The summed E-state index contributed by atoms with van der Waals surface area (Å²) in [6.45, 7) is 4.49. The van der Waals surface area contributed by atoms with E-state index in [0.29, 0.717) is 29.9 Å². The van der Waals surface area contributed by atoms with Gasteiger partial charge in [0.25, 0.3) is 5.91 Å². The SMILES string of the molecule is CC(C)C[C@H](NC(=O)[C@@H]1Cc2c([nH]c3ccccc23)C2c3ccccc3C(=O)N21)C(=O)NCc1ccc2c(c1)OCO2. The quantitative estimate of drug-likeness (QED) is 0.311. The summed E-state index contributed by atoms with van der Waals surface area (Å²) in [5, 5.41) is 7.04. The highest BCUT2D eigenvalue weighted by Gasteiger charge is 2.49. The Labute approximate surface area is 243 Å². The number of rotatable bonds is 7. The van der Waals surface area contributed by atoms with E-state index in [0.717, 1.165) is 33.3 Å². The van der Waals surface area contributed by atoms with Crippen molar-refractivity contribution in [2.75, 3.05) is 6.79 Å². The summed E-state index contributed by atoms with van der Waals surface area (Å²) in [4.78, 5) is 46.5. The fraction of sp³-hybridized carbons (Fsp3) is 0.303. The predicted molar refractivity (Wildman–Crippen MR) is 156 cm³/mol. The molecule has 0 saturated heterocycles. The van der Waals surface area contributed by atoms with Gasteiger partial charge in [0.05, 0.1) is 6.04 Å². The summed E-state index contributed by atoms with van der Waals surface area (Å²) in [6, 6.07) is 19.2. The lowest BCUT2D eigenvalue weighted by Gasteiger charge is -2.37. The smallest absolute Gasteiger partial charge is 0.255 e. The number of benzene rings is 3. The molecule has 1 unspecified atom stereocenters. The van der Waals surface area contributed by atoms with Crippen molar-refractivity contribution >= 4 is 28.6 Å². The first-order chi connectivity index (χ1) is 20.4. The van der Waals surface area contributed by atoms with Crippen molar-refractivity contribution in [2.45, 2.75) is 51.4 Å². The number of aromatic amines is 1. The zero-order valence-corrected chi connectivity index (χ0v) is 23.5. The number of ether oxygens (including phenoxy) is 2. The van der Waals surface area contributed by atoms with Crippen molar-refractivity contribution in [2.24, 2.45) is 5.92 Å². The van der Waals surface area contributed by atoms with Gasteiger partial charge in [-0.05, 0) is 53.3 Å². The third-order valence-electron chi connectivity index (χ3n) is 8.40. The van der Waals surface area contributed by atoms with Gasteiger partial charge in [-0.3, -0.25) is 14.4 Å². The molecule has 0 aliphatic carbocycles. The summed E-state index contributed by atoms with van der Waals surface area (Å²) in [5.74, 6) is 0.703. The number of aromatic nitrogens is 1. The number of nitrogens with one attached hydrogen (secondary N) is 3. The molecule has 3 atom stereocenters. The lowest BCUT2D eigenvalue weighted by Crippen LogP contribution is -2.56. The maximum Gasteiger partial charge on any atom is 0.255 e. The van der Waals surface area contributed by atoms with Crippen LogP contribution in [0.5, 0.6) is 11.5 Å². The monoisotopic (exact) mass is 564 g/mol. The van der Waals surface area contributed by atoms with Crippen LogP contribution >= 0.6 is 0 Å². The fourth-order valence-corrected chi connectivity index (χ4v) is 6.47. The summed E-state index contributed by atoms with van der Waals surface area (Å²) in [6.07, 6.45) is 0.815. The molecular formula is C33H32N4O5. The average Bonchev–Trinajstić information content (AvgIpc) is 3.69. The number of amides is 3.